The smallest absolute Gasteiger partial charge is 0.323 e. The summed E-state index contributed by atoms with van der Waals surface area (Å²) in [5.41, 5.74) is 0.504. The molecule has 13 heteroatoms. The van der Waals surface area contributed by atoms with Gasteiger partial charge >= 0.3 is 11.9 Å². The minimum Gasteiger partial charge on any atom is -0.480 e. The van der Waals surface area contributed by atoms with Crippen molar-refractivity contribution in [2.75, 3.05) is 18.5 Å². The fraction of sp³-hybridized carbons (Fsp3) is 0.125. The average Bonchev–Trinajstić information content (AvgIpc) is 3.44. The van der Waals surface area contributed by atoms with Crippen LogP contribution in [0.1, 0.15) is 0 Å². The van der Waals surface area contributed by atoms with E-state index in [2.05, 4.69) is 12.1 Å². The molecule has 188 valence electrons. The predicted octanol–water partition coefficient (Wildman–Crippen LogP) is 2.06. The lowest BCUT2D eigenvalue weighted by molar-refractivity contribution is -0.140. The quantitative estimate of drug-likeness (QED) is 0.441. The van der Waals surface area contributed by atoms with Crippen LogP contribution in [0.5, 0.6) is 0 Å². The van der Waals surface area contributed by atoms with Gasteiger partial charge in [-0.25, -0.2) is 0 Å². The maximum absolute atomic E-state index is 13.2. The van der Waals surface area contributed by atoms with Crippen LogP contribution in [0.4, 0.5) is 5.69 Å². The molecule has 0 unspecified atom stereocenters. The van der Waals surface area contributed by atoms with Crippen molar-refractivity contribution in [3.8, 4) is 0 Å². The highest BCUT2D eigenvalue weighted by Gasteiger charge is 2.35. The van der Waals surface area contributed by atoms with E-state index in [1.807, 2.05) is 36.2 Å². The van der Waals surface area contributed by atoms with Gasteiger partial charge in [0.25, 0.3) is 11.5 Å². The molecule has 0 bridgehead atoms. The van der Waals surface area contributed by atoms with Crippen LogP contribution in [0.25, 0.3) is 21.8 Å². The Morgan fingerprint density at radius 2 is 1.73 bits per heavy atom. The Kier molecular flexibility index (Phi) is 6.70. The van der Waals surface area contributed by atoms with Gasteiger partial charge < -0.3 is 15.1 Å². The molecule has 0 spiro atoms. The van der Waals surface area contributed by atoms with Gasteiger partial charge in [-0.15, -0.1) is 11.3 Å². The number of allylic oxidation sites excluding steroid dienone is 1. The number of carbonyl (C=O) groups is 3. The zero-order valence-electron chi connectivity index (χ0n) is 19.0. The number of carboxylic acids is 2. The molecule has 0 aliphatic carbocycles. The Hall–Kier alpha value is -3.39. The molecular formula is C24H17N3O6S4. The van der Waals surface area contributed by atoms with E-state index in [4.69, 9.17) is 17.3 Å². The summed E-state index contributed by atoms with van der Waals surface area (Å²) in [6, 6.07) is 12.2. The number of benzene rings is 2. The van der Waals surface area contributed by atoms with Gasteiger partial charge in [0.1, 0.15) is 27.0 Å². The second-order valence-corrected chi connectivity index (χ2v) is 11.7. The Morgan fingerprint density at radius 3 is 2.46 bits per heavy atom. The van der Waals surface area contributed by atoms with Crippen molar-refractivity contribution in [1.29, 1.82) is 0 Å². The van der Waals surface area contributed by atoms with E-state index in [-0.39, 0.29) is 18.4 Å². The lowest BCUT2D eigenvalue weighted by Gasteiger charge is -2.15. The predicted molar refractivity (Wildman–Crippen MR) is 149 cm³/mol. The molecular weight excluding hydrogens is 555 g/mol. The van der Waals surface area contributed by atoms with Gasteiger partial charge in [0.15, 0.2) is 0 Å². The van der Waals surface area contributed by atoms with Crippen molar-refractivity contribution >= 4 is 96.7 Å². The summed E-state index contributed by atoms with van der Waals surface area (Å²) in [5.74, 6) is -3.16. The van der Waals surface area contributed by atoms with Crippen LogP contribution in [0.2, 0.25) is 0 Å². The average molecular weight is 572 g/mol. The molecule has 0 radical (unpaired) electrons. The Bertz CT molecular complexity index is 1740. The topological polar surface area (TPSA) is 120 Å². The summed E-state index contributed by atoms with van der Waals surface area (Å²) >= 11 is 8.52. The van der Waals surface area contributed by atoms with Crippen molar-refractivity contribution in [3.63, 3.8) is 0 Å². The summed E-state index contributed by atoms with van der Waals surface area (Å²) in [4.78, 5) is 52.7. The van der Waals surface area contributed by atoms with E-state index in [0.29, 0.717) is 0 Å². The fourth-order valence-electron chi connectivity index (χ4n) is 4.03. The zero-order valence-corrected chi connectivity index (χ0v) is 22.3. The summed E-state index contributed by atoms with van der Waals surface area (Å²) in [7, 11) is 1.94. The number of carboxylic acid groups (broad SMARTS) is 2. The summed E-state index contributed by atoms with van der Waals surface area (Å²) in [5, 5.41) is 21.6. The molecule has 3 aromatic rings. The number of nitrogens with zero attached hydrogens (tertiary/aromatic N) is 3. The number of aromatic nitrogens is 1. The summed E-state index contributed by atoms with van der Waals surface area (Å²) < 4.78 is 1.41. The van der Waals surface area contributed by atoms with E-state index in [1.54, 1.807) is 23.9 Å². The molecule has 0 saturated carbocycles. The molecule has 1 amide bonds. The number of rotatable bonds is 5. The summed E-state index contributed by atoms with van der Waals surface area (Å²) in [6.07, 6.45) is 3.40. The number of thiazole rings is 1. The third-order valence-electron chi connectivity index (χ3n) is 5.66. The standard InChI is InChI=1S/C24H17N3O6S4/c1-25-16(35-14-7-6-12-4-2-3-5-13(12)19(14)25)9-8-15-21(32)26(10-17(28)29)23(36-15)20-22(33)27(11-18(30)31)24(34)37-20/h2-9H,10-11H2,1H3,(H,28,29)(H,30,31)/b15-8?,16-9?,23-20+. The number of thiocarbonyl (C=S) groups is 1. The fourth-order valence-corrected chi connectivity index (χ4v) is 7.55. The summed E-state index contributed by atoms with van der Waals surface area (Å²) in [6.45, 7) is -1.27. The SMILES string of the molecule is CN1C(=CC=c2s/c(=C3/SC(=S)N(CC(=O)O)C3=O)n(CC(=O)O)c2=O)Sc2ccc3ccccc3c21. The number of fused-ring (bicyclic) bond motifs is 3. The van der Waals surface area contributed by atoms with Gasteiger partial charge in [-0.05, 0) is 23.6 Å². The van der Waals surface area contributed by atoms with Crippen molar-refractivity contribution in [1.82, 2.24) is 9.47 Å². The monoisotopic (exact) mass is 571 g/mol. The number of aliphatic carboxylic acids is 2. The lowest BCUT2D eigenvalue weighted by atomic mass is 10.1. The number of amides is 1. The number of thioether (sulfide) groups is 2. The molecule has 1 fully saturated rings. The molecule has 1 aromatic heterocycles. The minimum atomic E-state index is -1.25. The van der Waals surface area contributed by atoms with Crippen LogP contribution in [0.15, 0.2) is 57.2 Å². The van der Waals surface area contributed by atoms with Crippen LogP contribution in [0.3, 0.4) is 0 Å². The van der Waals surface area contributed by atoms with Gasteiger partial charge in [-0.2, -0.15) is 0 Å². The molecule has 1 saturated heterocycles. The van der Waals surface area contributed by atoms with Crippen molar-refractivity contribution in [2.24, 2.45) is 0 Å². The van der Waals surface area contributed by atoms with Crippen LogP contribution in [-0.2, 0) is 20.9 Å². The van der Waals surface area contributed by atoms with Crippen LogP contribution in [0, 0.1) is 0 Å². The van der Waals surface area contributed by atoms with Crippen LogP contribution >= 0.6 is 47.1 Å². The largest absolute Gasteiger partial charge is 0.480 e. The van der Waals surface area contributed by atoms with Crippen molar-refractivity contribution in [3.05, 3.63) is 67.1 Å². The highest BCUT2D eigenvalue weighted by Crippen LogP contribution is 2.48. The molecule has 2 aromatic carbocycles. The maximum Gasteiger partial charge on any atom is 0.323 e. The minimum absolute atomic E-state index is 0.0340. The first-order valence-electron chi connectivity index (χ1n) is 10.7. The molecule has 2 aliphatic rings. The first-order valence-corrected chi connectivity index (χ1v) is 13.6. The van der Waals surface area contributed by atoms with Gasteiger partial charge in [-0.1, -0.05) is 66.1 Å². The highest BCUT2D eigenvalue weighted by molar-refractivity contribution is 8.30. The molecule has 5 rings (SSSR count). The van der Waals surface area contributed by atoms with Crippen molar-refractivity contribution < 1.29 is 24.6 Å². The van der Waals surface area contributed by atoms with E-state index in [9.17, 15) is 24.3 Å². The van der Waals surface area contributed by atoms with Gasteiger partial charge in [0.2, 0.25) is 0 Å². The number of hydrogen-bond donors (Lipinski definition) is 2. The van der Waals surface area contributed by atoms with Gasteiger partial charge in [-0.3, -0.25) is 28.6 Å². The molecule has 9 nitrogen and oxygen atoms in total. The Morgan fingerprint density at radius 1 is 1.00 bits per heavy atom. The Labute approximate surface area is 227 Å². The molecule has 0 atom stereocenters. The maximum atomic E-state index is 13.2. The lowest BCUT2D eigenvalue weighted by Crippen LogP contribution is -2.36. The first-order chi connectivity index (χ1) is 17.7. The number of hydrogen-bond acceptors (Lipinski definition) is 9. The van der Waals surface area contributed by atoms with E-state index < -0.39 is 36.5 Å². The third kappa shape index (κ3) is 4.59. The number of anilines is 1. The van der Waals surface area contributed by atoms with E-state index in [0.717, 1.165) is 59.0 Å². The molecule has 3 heterocycles. The van der Waals surface area contributed by atoms with Gasteiger partial charge in [0.05, 0.1) is 15.2 Å². The molecule has 2 N–H and O–H groups in total. The van der Waals surface area contributed by atoms with Gasteiger partial charge in [0, 0.05) is 17.3 Å². The third-order valence-corrected chi connectivity index (χ3v) is 9.54. The van der Waals surface area contributed by atoms with E-state index in [1.165, 1.54) is 0 Å². The first kappa shape index (κ1) is 25.3. The Balaban J connectivity index is 1.60. The zero-order chi connectivity index (χ0) is 26.4. The van der Waals surface area contributed by atoms with Crippen LogP contribution in [-0.4, -0.2) is 55.4 Å². The normalized spacial score (nSPS) is 18.4. The highest BCUT2D eigenvalue weighted by atomic mass is 32.2. The van der Waals surface area contributed by atoms with Crippen LogP contribution < -0.4 is 19.7 Å². The number of carbonyl (C=O) groups excluding carboxylic acids is 1. The van der Waals surface area contributed by atoms with Crippen molar-refractivity contribution in [2.45, 2.75) is 11.4 Å². The molecule has 37 heavy (non-hydrogen) atoms. The molecule has 2 aliphatic heterocycles. The second-order valence-electron chi connectivity index (χ2n) is 8.00. The second kappa shape index (κ2) is 9.82. The van der Waals surface area contributed by atoms with E-state index >= 15 is 0 Å².